The van der Waals surface area contributed by atoms with E-state index in [1.54, 1.807) is 14.0 Å². The van der Waals surface area contributed by atoms with Gasteiger partial charge >= 0.3 is 0 Å². The maximum absolute atomic E-state index is 11.9. The molecule has 0 spiro atoms. The Balaban J connectivity index is 2.69. The van der Waals surface area contributed by atoms with E-state index in [0.29, 0.717) is 13.0 Å². The highest BCUT2D eigenvalue weighted by Gasteiger charge is 2.23. The fraction of sp³-hybridized carbons (Fsp3) is 0.429. The molecule has 0 aromatic heterocycles. The van der Waals surface area contributed by atoms with Gasteiger partial charge in [-0.3, -0.25) is 9.59 Å². The maximum Gasteiger partial charge on any atom is 0.289 e. The summed E-state index contributed by atoms with van der Waals surface area (Å²) in [6, 6.07) is 7.48. The van der Waals surface area contributed by atoms with Crippen molar-refractivity contribution in [2.24, 2.45) is 0 Å². The van der Waals surface area contributed by atoms with Crippen LogP contribution in [0.2, 0.25) is 0 Å². The molecule has 0 radical (unpaired) electrons. The van der Waals surface area contributed by atoms with Gasteiger partial charge in [0, 0.05) is 6.54 Å². The molecule has 2 N–H and O–H groups in total. The first-order chi connectivity index (χ1) is 8.58. The van der Waals surface area contributed by atoms with Crippen LogP contribution >= 0.6 is 0 Å². The molecule has 4 heteroatoms. The van der Waals surface area contributed by atoms with Gasteiger partial charge in [0.2, 0.25) is 5.78 Å². The number of benzene rings is 1. The van der Waals surface area contributed by atoms with Gasteiger partial charge in [0.25, 0.3) is 5.91 Å². The van der Waals surface area contributed by atoms with Gasteiger partial charge in [-0.1, -0.05) is 29.8 Å². The van der Waals surface area contributed by atoms with Gasteiger partial charge in [-0.25, -0.2) is 0 Å². The third kappa shape index (κ3) is 3.96. The van der Waals surface area contributed by atoms with Crippen molar-refractivity contribution >= 4 is 11.7 Å². The zero-order chi connectivity index (χ0) is 13.5. The lowest BCUT2D eigenvalue weighted by atomic mass is 10.0. The minimum absolute atomic E-state index is 0.417. The van der Waals surface area contributed by atoms with Crippen LogP contribution in [-0.2, 0) is 16.0 Å². The van der Waals surface area contributed by atoms with Crippen LogP contribution in [0.15, 0.2) is 24.3 Å². The third-order valence-corrected chi connectivity index (χ3v) is 2.79. The molecule has 1 rings (SSSR count). The van der Waals surface area contributed by atoms with Crippen molar-refractivity contribution in [1.29, 1.82) is 0 Å². The van der Waals surface area contributed by atoms with E-state index < -0.39 is 17.7 Å². The molecule has 1 aromatic carbocycles. The lowest BCUT2D eigenvalue weighted by Crippen LogP contribution is -2.45. The molecule has 0 fully saturated rings. The molecule has 0 saturated heterocycles. The number of carbonyl (C=O) groups excluding carboxylic acids is 2. The average Bonchev–Trinajstić information content (AvgIpc) is 2.37. The van der Waals surface area contributed by atoms with Gasteiger partial charge < -0.3 is 10.6 Å². The van der Waals surface area contributed by atoms with Crippen molar-refractivity contribution in [1.82, 2.24) is 10.6 Å². The molecule has 0 aliphatic rings. The number of nitrogens with one attached hydrogen (secondary N) is 2. The summed E-state index contributed by atoms with van der Waals surface area (Å²) in [5.74, 6) is -0.941. The van der Waals surface area contributed by atoms with E-state index in [2.05, 4.69) is 10.6 Å². The maximum atomic E-state index is 11.9. The number of carbonyl (C=O) groups is 2. The summed E-state index contributed by atoms with van der Waals surface area (Å²) >= 11 is 0. The topological polar surface area (TPSA) is 58.2 Å². The Kier molecular flexibility index (Phi) is 5.52. The molecule has 0 heterocycles. The van der Waals surface area contributed by atoms with Crippen LogP contribution in [0.3, 0.4) is 0 Å². The van der Waals surface area contributed by atoms with E-state index in [4.69, 9.17) is 0 Å². The van der Waals surface area contributed by atoms with E-state index in [1.165, 1.54) is 5.56 Å². The molecule has 1 amide bonds. The summed E-state index contributed by atoms with van der Waals surface area (Å²) in [5.41, 5.74) is 2.22. The molecule has 0 saturated carbocycles. The molecule has 4 nitrogen and oxygen atoms in total. The zero-order valence-electron chi connectivity index (χ0n) is 11.1. The Morgan fingerprint density at radius 2 is 1.83 bits per heavy atom. The van der Waals surface area contributed by atoms with Crippen LogP contribution in [0.5, 0.6) is 0 Å². The quantitative estimate of drug-likeness (QED) is 0.733. The van der Waals surface area contributed by atoms with Crippen LogP contribution in [0.25, 0.3) is 0 Å². The summed E-state index contributed by atoms with van der Waals surface area (Å²) < 4.78 is 0. The van der Waals surface area contributed by atoms with Crippen molar-refractivity contribution in [3.63, 3.8) is 0 Å². The molecule has 1 atom stereocenters. The number of aryl methyl sites for hydroxylation is 1. The second-order valence-corrected chi connectivity index (χ2v) is 4.25. The van der Waals surface area contributed by atoms with Crippen molar-refractivity contribution < 1.29 is 9.59 Å². The van der Waals surface area contributed by atoms with E-state index in [-0.39, 0.29) is 0 Å². The molecular weight excluding hydrogens is 228 g/mol. The van der Waals surface area contributed by atoms with Crippen LogP contribution in [-0.4, -0.2) is 31.3 Å². The Morgan fingerprint density at radius 3 is 2.33 bits per heavy atom. The summed E-state index contributed by atoms with van der Waals surface area (Å²) in [6.45, 7) is 4.27. The second-order valence-electron chi connectivity index (χ2n) is 4.25. The molecule has 0 aliphatic heterocycles. The predicted molar refractivity (Wildman–Crippen MR) is 71.4 cm³/mol. The smallest absolute Gasteiger partial charge is 0.289 e. The molecule has 98 valence electrons. The van der Waals surface area contributed by atoms with E-state index in [9.17, 15) is 9.59 Å². The molecular formula is C14H20N2O2. The van der Waals surface area contributed by atoms with Gasteiger partial charge in [0.15, 0.2) is 0 Å². The van der Waals surface area contributed by atoms with E-state index in [0.717, 1.165) is 5.56 Å². The van der Waals surface area contributed by atoms with Gasteiger partial charge in [-0.05, 0) is 32.9 Å². The minimum Gasteiger partial charge on any atom is -0.350 e. The van der Waals surface area contributed by atoms with Crippen molar-refractivity contribution in [2.45, 2.75) is 26.3 Å². The van der Waals surface area contributed by atoms with Gasteiger partial charge in [0.05, 0.1) is 6.04 Å². The minimum atomic E-state index is -0.524. The standard InChI is InChI=1S/C14H20N2O2/c1-4-16-14(18)13(17)12(15-3)9-11-7-5-10(2)6-8-11/h5-8,12,15H,4,9H2,1-3H3,(H,16,18). The lowest BCUT2D eigenvalue weighted by molar-refractivity contribution is -0.138. The fourth-order valence-corrected chi connectivity index (χ4v) is 1.69. The summed E-state index contributed by atoms with van der Waals surface area (Å²) in [4.78, 5) is 23.3. The molecule has 1 unspecified atom stereocenters. The summed E-state index contributed by atoms with van der Waals surface area (Å²) in [6.07, 6.45) is 0.521. The monoisotopic (exact) mass is 248 g/mol. The Morgan fingerprint density at radius 1 is 1.22 bits per heavy atom. The highest BCUT2D eigenvalue weighted by atomic mass is 16.2. The van der Waals surface area contributed by atoms with Gasteiger partial charge in [0.1, 0.15) is 0 Å². The Bertz CT molecular complexity index is 412. The van der Waals surface area contributed by atoms with Crippen molar-refractivity contribution in [2.75, 3.05) is 13.6 Å². The van der Waals surface area contributed by atoms with Crippen LogP contribution in [0.4, 0.5) is 0 Å². The highest BCUT2D eigenvalue weighted by molar-refractivity contribution is 6.38. The van der Waals surface area contributed by atoms with Crippen LogP contribution in [0.1, 0.15) is 18.1 Å². The largest absolute Gasteiger partial charge is 0.350 e. The lowest BCUT2D eigenvalue weighted by Gasteiger charge is -2.14. The number of Topliss-reactive ketones (excluding diaryl/α,β-unsaturated/α-hetero) is 1. The van der Waals surface area contributed by atoms with Gasteiger partial charge in [-0.15, -0.1) is 0 Å². The molecule has 18 heavy (non-hydrogen) atoms. The first-order valence-electron chi connectivity index (χ1n) is 6.13. The Hall–Kier alpha value is -1.68. The SMILES string of the molecule is CCNC(=O)C(=O)C(Cc1ccc(C)cc1)NC. The molecule has 1 aromatic rings. The normalized spacial score (nSPS) is 11.9. The molecule has 0 aliphatic carbocycles. The molecule has 0 bridgehead atoms. The third-order valence-electron chi connectivity index (χ3n) is 2.79. The predicted octanol–water partition coefficient (Wildman–Crippen LogP) is 0.831. The summed E-state index contributed by atoms with van der Waals surface area (Å²) in [7, 11) is 1.69. The van der Waals surface area contributed by atoms with Crippen molar-refractivity contribution in [3.05, 3.63) is 35.4 Å². The highest BCUT2D eigenvalue weighted by Crippen LogP contribution is 2.06. The van der Waals surface area contributed by atoms with E-state index in [1.807, 2.05) is 31.2 Å². The number of hydrogen-bond donors (Lipinski definition) is 2. The number of rotatable bonds is 6. The zero-order valence-corrected chi connectivity index (χ0v) is 11.1. The Labute approximate surface area is 108 Å². The number of amides is 1. The number of ketones is 1. The van der Waals surface area contributed by atoms with E-state index >= 15 is 0 Å². The first kappa shape index (κ1) is 14.4. The number of likely N-dealkylation sites (N-methyl/N-ethyl adjacent to an activating group) is 2. The average molecular weight is 248 g/mol. The van der Waals surface area contributed by atoms with Crippen molar-refractivity contribution in [3.8, 4) is 0 Å². The number of hydrogen-bond acceptors (Lipinski definition) is 3. The fourth-order valence-electron chi connectivity index (χ4n) is 1.69. The summed E-state index contributed by atoms with van der Waals surface area (Å²) in [5, 5.41) is 5.42. The van der Waals surface area contributed by atoms with Crippen LogP contribution in [0, 0.1) is 6.92 Å². The van der Waals surface area contributed by atoms with Crippen LogP contribution < -0.4 is 10.6 Å². The second kappa shape index (κ2) is 6.91. The first-order valence-corrected chi connectivity index (χ1v) is 6.13. The van der Waals surface area contributed by atoms with Gasteiger partial charge in [-0.2, -0.15) is 0 Å².